The Morgan fingerprint density at radius 2 is 2.24 bits per heavy atom. The lowest BCUT2D eigenvalue weighted by Gasteiger charge is -2.12. The van der Waals surface area contributed by atoms with E-state index in [-0.39, 0.29) is 18.5 Å². The summed E-state index contributed by atoms with van der Waals surface area (Å²) in [6.45, 7) is 4.99. The molecule has 0 aliphatic rings. The lowest BCUT2D eigenvalue weighted by atomic mass is 10.1. The van der Waals surface area contributed by atoms with Crippen LogP contribution in [0.2, 0.25) is 5.02 Å². The zero-order valence-corrected chi connectivity index (χ0v) is 10.9. The fourth-order valence-corrected chi connectivity index (χ4v) is 1.49. The summed E-state index contributed by atoms with van der Waals surface area (Å²) in [5, 5.41) is 0.554. The van der Waals surface area contributed by atoms with Crippen molar-refractivity contribution in [1.29, 1.82) is 0 Å². The second-order valence-electron chi connectivity index (χ2n) is 3.71. The predicted octanol–water partition coefficient (Wildman–Crippen LogP) is 2.96. The Morgan fingerprint density at radius 3 is 2.88 bits per heavy atom. The SMILES string of the molecule is CCOCC(C)OCC(=O)c1cccc(Cl)c1. The summed E-state index contributed by atoms with van der Waals surface area (Å²) in [6, 6.07) is 6.85. The minimum atomic E-state index is -0.0851. The van der Waals surface area contributed by atoms with Gasteiger partial charge in [-0.05, 0) is 26.0 Å². The Labute approximate surface area is 107 Å². The fraction of sp³-hybridized carbons (Fsp3) is 0.462. The quantitative estimate of drug-likeness (QED) is 0.704. The van der Waals surface area contributed by atoms with Crippen molar-refractivity contribution in [1.82, 2.24) is 0 Å². The number of rotatable bonds is 7. The Balaban J connectivity index is 2.39. The third-order valence-electron chi connectivity index (χ3n) is 2.20. The number of ether oxygens (including phenoxy) is 2. The first kappa shape index (κ1) is 14.2. The Hall–Kier alpha value is -0.900. The number of carbonyl (C=O) groups is 1. The van der Waals surface area contributed by atoms with E-state index in [0.29, 0.717) is 23.8 Å². The van der Waals surface area contributed by atoms with Crippen molar-refractivity contribution in [2.24, 2.45) is 0 Å². The van der Waals surface area contributed by atoms with Crippen LogP contribution in [0, 0.1) is 0 Å². The molecule has 0 aliphatic heterocycles. The molecule has 4 heteroatoms. The fourth-order valence-electron chi connectivity index (χ4n) is 1.30. The second kappa shape index (κ2) is 7.43. The molecule has 3 nitrogen and oxygen atoms in total. The molecule has 1 unspecified atom stereocenters. The zero-order valence-electron chi connectivity index (χ0n) is 10.1. The van der Waals surface area contributed by atoms with Crippen LogP contribution in [-0.4, -0.2) is 31.7 Å². The molecule has 94 valence electrons. The summed E-state index contributed by atoms with van der Waals surface area (Å²) in [4.78, 5) is 11.8. The highest BCUT2D eigenvalue weighted by molar-refractivity contribution is 6.31. The van der Waals surface area contributed by atoms with E-state index in [0.717, 1.165) is 0 Å². The van der Waals surface area contributed by atoms with Gasteiger partial charge in [0.25, 0.3) is 0 Å². The van der Waals surface area contributed by atoms with E-state index in [4.69, 9.17) is 21.1 Å². The van der Waals surface area contributed by atoms with Gasteiger partial charge in [-0.1, -0.05) is 23.7 Å². The second-order valence-corrected chi connectivity index (χ2v) is 4.15. The molecule has 1 aromatic carbocycles. The normalized spacial score (nSPS) is 12.4. The maximum absolute atomic E-state index is 11.8. The van der Waals surface area contributed by atoms with Crippen LogP contribution in [0.3, 0.4) is 0 Å². The maximum Gasteiger partial charge on any atom is 0.188 e. The first-order valence-corrected chi connectivity index (χ1v) is 5.99. The van der Waals surface area contributed by atoms with Crippen LogP contribution >= 0.6 is 11.6 Å². The van der Waals surface area contributed by atoms with E-state index in [9.17, 15) is 4.79 Å². The van der Waals surface area contributed by atoms with Crippen molar-refractivity contribution in [3.8, 4) is 0 Å². The average Bonchev–Trinajstić information content (AvgIpc) is 2.33. The highest BCUT2D eigenvalue weighted by Crippen LogP contribution is 2.11. The van der Waals surface area contributed by atoms with E-state index in [2.05, 4.69) is 0 Å². The van der Waals surface area contributed by atoms with Crippen LogP contribution in [0.25, 0.3) is 0 Å². The molecule has 0 aliphatic carbocycles. The van der Waals surface area contributed by atoms with Gasteiger partial charge in [0, 0.05) is 17.2 Å². The Bertz CT molecular complexity index is 365. The number of ketones is 1. The average molecular weight is 257 g/mol. The van der Waals surface area contributed by atoms with E-state index in [1.165, 1.54) is 0 Å². The molecule has 0 heterocycles. The van der Waals surface area contributed by atoms with Gasteiger partial charge in [0.2, 0.25) is 0 Å². The van der Waals surface area contributed by atoms with Crippen molar-refractivity contribution in [3.63, 3.8) is 0 Å². The van der Waals surface area contributed by atoms with Gasteiger partial charge in [-0.2, -0.15) is 0 Å². The van der Waals surface area contributed by atoms with Gasteiger partial charge >= 0.3 is 0 Å². The highest BCUT2D eigenvalue weighted by atomic mass is 35.5. The topological polar surface area (TPSA) is 35.5 Å². The smallest absolute Gasteiger partial charge is 0.188 e. The molecule has 0 aromatic heterocycles. The molecule has 17 heavy (non-hydrogen) atoms. The number of carbonyl (C=O) groups excluding carboxylic acids is 1. The van der Waals surface area contributed by atoms with Crippen LogP contribution < -0.4 is 0 Å². The van der Waals surface area contributed by atoms with E-state index in [1.54, 1.807) is 24.3 Å². The van der Waals surface area contributed by atoms with Gasteiger partial charge in [0.05, 0.1) is 12.7 Å². The van der Waals surface area contributed by atoms with Crippen molar-refractivity contribution in [2.75, 3.05) is 19.8 Å². The van der Waals surface area contributed by atoms with Crippen LogP contribution in [-0.2, 0) is 9.47 Å². The molecule has 0 radical (unpaired) electrons. The van der Waals surface area contributed by atoms with Gasteiger partial charge in [0.1, 0.15) is 6.61 Å². The predicted molar refractivity (Wildman–Crippen MR) is 67.7 cm³/mol. The molecule has 0 N–H and O–H groups in total. The number of benzene rings is 1. The van der Waals surface area contributed by atoms with Crippen molar-refractivity contribution >= 4 is 17.4 Å². The molecule has 0 saturated heterocycles. The van der Waals surface area contributed by atoms with Crippen LogP contribution in [0.5, 0.6) is 0 Å². The molecule has 0 spiro atoms. The van der Waals surface area contributed by atoms with Gasteiger partial charge in [-0.3, -0.25) is 4.79 Å². The first-order valence-electron chi connectivity index (χ1n) is 5.61. The van der Waals surface area contributed by atoms with Crippen LogP contribution in [0.4, 0.5) is 0 Å². The summed E-state index contributed by atoms with van der Waals surface area (Å²) in [6.07, 6.45) is -0.0851. The Morgan fingerprint density at radius 1 is 1.47 bits per heavy atom. The van der Waals surface area contributed by atoms with Gasteiger partial charge in [-0.25, -0.2) is 0 Å². The van der Waals surface area contributed by atoms with Crippen molar-refractivity contribution in [2.45, 2.75) is 20.0 Å². The number of Topliss-reactive ketones (excluding diaryl/α,β-unsaturated/α-hetero) is 1. The lowest BCUT2D eigenvalue weighted by Crippen LogP contribution is -2.20. The maximum atomic E-state index is 11.8. The number of hydrogen-bond acceptors (Lipinski definition) is 3. The molecular formula is C13H17ClO3. The van der Waals surface area contributed by atoms with Crippen LogP contribution in [0.1, 0.15) is 24.2 Å². The summed E-state index contributed by atoms with van der Waals surface area (Å²) >= 11 is 5.81. The lowest BCUT2D eigenvalue weighted by molar-refractivity contribution is 0.00116. The molecule has 0 fully saturated rings. The van der Waals surface area contributed by atoms with Gasteiger partial charge < -0.3 is 9.47 Å². The third kappa shape index (κ3) is 5.31. The minimum Gasteiger partial charge on any atom is -0.379 e. The molecule has 0 amide bonds. The zero-order chi connectivity index (χ0) is 12.7. The van der Waals surface area contributed by atoms with E-state index < -0.39 is 0 Å². The largest absolute Gasteiger partial charge is 0.379 e. The van der Waals surface area contributed by atoms with Gasteiger partial charge in [0.15, 0.2) is 5.78 Å². The van der Waals surface area contributed by atoms with E-state index in [1.807, 2.05) is 13.8 Å². The minimum absolute atomic E-state index is 0.0502. The highest BCUT2D eigenvalue weighted by Gasteiger charge is 2.09. The monoisotopic (exact) mass is 256 g/mol. The van der Waals surface area contributed by atoms with E-state index >= 15 is 0 Å². The summed E-state index contributed by atoms with van der Waals surface area (Å²) in [5.74, 6) is -0.0733. The van der Waals surface area contributed by atoms with Crippen molar-refractivity contribution < 1.29 is 14.3 Å². The molecule has 1 rings (SSSR count). The number of hydrogen-bond donors (Lipinski definition) is 0. The van der Waals surface area contributed by atoms with Crippen LogP contribution in [0.15, 0.2) is 24.3 Å². The Kier molecular flexibility index (Phi) is 6.19. The summed E-state index contributed by atoms with van der Waals surface area (Å²) in [5.41, 5.74) is 0.570. The summed E-state index contributed by atoms with van der Waals surface area (Å²) in [7, 11) is 0. The first-order chi connectivity index (χ1) is 8.13. The third-order valence-corrected chi connectivity index (χ3v) is 2.44. The molecular weight excluding hydrogens is 240 g/mol. The molecule has 1 aromatic rings. The molecule has 1 atom stereocenters. The summed E-state index contributed by atoms with van der Waals surface area (Å²) < 4.78 is 10.6. The standard InChI is InChI=1S/C13H17ClO3/c1-3-16-8-10(2)17-9-13(15)11-5-4-6-12(14)7-11/h4-7,10H,3,8-9H2,1-2H3. The van der Waals surface area contributed by atoms with Crippen molar-refractivity contribution in [3.05, 3.63) is 34.9 Å². The molecule has 0 saturated carbocycles. The van der Waals surface area contributed by atoms with Gasteiger partial charge in [-0.15, -0.1) is 0 Å². The molecule has 0 bridgehead atoms. The number of halogens is 1.